The van der Waals surface area contributed by atoms with Crippen LogP contribution in [0.5, 0.6) is 5.75 Å². The second-order valence-corrected chi connectivity index (χ2v) is 5.40. The molecule has 2 aromatic rings. The van der Waals surface area contributed by atoms with Gasteiger partial charge in [0.05, 0.1) is 6.61 Å². The van der Waals surface area contributed by atoms with Gasteiger partial charge in [0.25, 0.3) is 0 Å². The van der Waals surface area contributed by atoms with Crippen LogP contribution in [-0.2, 0) is 0 Å². The smallest absolute Gasteiger partial charge is 0.119 e. The molecule has 0 spiro atoms. The first-order valence-electron chi connectivity index (χ1n) is 7.92. The van der Waals surface area contributed by atoms with Crippen molar-refractivity contribution in [3.8, 4) is 5.75 Å². The molecule has 2 aromatic carbocycles. The van der Waals surface area contributed by atoms with Crippen LogP contribution in [0.4, 0.5) is 0 Å². The number of allylic oxidation sites excluding steroid dienone is 2. The Hall–Kier alpha value is -2.28. The fourth-order valence-corrected chi connectivity index (χ4v) is 2.10. The molecule has 0 aromatic heterocycles. The van der Waals surface area contributed by atoms with Crippen molar-refractivity contribution in [1.82, 2.24) is 0 Å². The van der Waals surface area contributed by atoms with Crippen LogP contribution < -0.4 is 4.74 Å². The van der Waals surface area contributed by atoms with Crippen molar-refractivity contribution in [1.29, 1.82) is 0 Å². The van der Waals surface area contributed by atoms with Crippen LogP contribution in [0.2, 0.25) is 0 Å². The van der Waals surface area contributed by atoms with Gasteiger partial charge in [0.15, 0.2) is 0 Å². The summed E-state index contributed by atoms with van der Waals surface area (Å²) in [4.78, 5) is 0. The average molecular weight is 292 g/mol. The number of benzene rings is 2. The zero-order valence-electron chi connectivity index (χ0n) is 13.5. The molecule has 0 saturated heterocycles. The van der Waals surface area contributed by atoms with Crippen LogP contribution in [0.15, 0.2) is 66.2 Å². The first-order chi connectivity index (χ1) is 10.8. The summed E-state index contributed by atoms with van der Waals surface area (Å²) in [5, 5.41) is 0. The molecule has 2 rings (SSSR count). The topological polar surface area (TPSA) is 9.23 Å². The minimum atomic E-state index is 0.796. The molecule has 0 fully saturated rings. The molecule has 0 N–H and O–H groups in total. The van der Waals surface area contributed by atoms with Crippen molar-refractivity contribution in [2.75, 3.05) is 6.61 Å². The zero-order chi connectivity index (χ0) is 15.6. The van der Waals surface area contributed by atoms with Gasteiger partial charge in [-0.25, -0.2) is 0 Å². The van der Waals surface area contributed by atoms with Crippen molar-refractivity contribution in [2.45, 2.75) is 26.7 Å². The maximum absolute atomic E-state index is 5.67. The van der Waals surface area contributed by atoms with E-state index in [1.807, 2.05) is 18.2 Å². The summed E-state index contributed by atoms with van der Waals surface area (Å²) in [6, 6.07) is 18.6. The Morgan fingerprint density at radius 3 is 2.36 bits per heavy atom. The molecule has 0 aliphatic carbocycles. The Bertz CT molecular complexity index is 606. The van der Waals surface area contributed by atoms with Gasteiger partial charge in [0.1, 0.15) is 5.75 Å². The quantitative estimate of drug-likeness (QED) is 0.450. The lowest BCUT2D eigenvalue weighted by molar-refractivity contribution is 0.309. The Morgan fingerprint density at radius 2 is 1.68 bits per heavy atom. The molecule has 1 heteroatoms. The molecule has 114 valence electrons. The van der Waals surface area contributed by atoms with Gasteiger partial charge in [-0.15, -0.1) is 0 Å². The summed E-state index contributed by atoms with van der Waals surface area (Å²) < 4.78 is 5.67. The monoisotopic (exact) mass is 292 g/mol. The number of hydrogen-bond donors (Lipinski definition) is 0. The van der Waals surface area contributed by atoms with Crippen molar-refractivity contribution in [3.05, 3.63) is 77.4 Å². The van der Waals surface area contributed by atoms with Gasteiger partial charge in [-0.05, 0) is 36.6 Å². The maximum atomic E-state index is 5.67. The third-order valence-corrected chi connectivity index (χ3v) is 3.38. The van der Waals surface area contributed by atoms with E-state index in [1.165, 1.54) is 16.7 Å². The Balaban J connectivity index is 1.93. The molecular formula is C21H24O. The molecule has 0 aliphatic rings. The van der Waals surface area contributed by atoms with E-state index in [-0.39, 0.29) is 0 Å². The minimum absolute atomic E-state index is 0.796. The summed E-state index contributed by atoms with van der Waals surface area (Å²) in [5.41, 5.74) is 3.64. The Morgan fingerprint density at radius 1 is 0.955 bits per heavy atom. The van der Waals surface area contributed by atoms with Crippen LogP contribution >= 0.6 is 0 Å². The van der Waals surface area contributed by atoms with E-state index in [9.17, 15) is 0 Å². The lowest BCUT2D eigenvalue weighted by Crippen LogP contribution is -1.95. The van der Waals surface area contributed by atoms with Gasteiger partial charge in [-0.2, -0.15) is 0 Å². The number of hydrogen-bond acceptors (Lipinski definition) is 1. The fraction of sp³-hybridized carbons (Fsp3) is 0.238. The first-order valence-corrected chi connectivity index (χ1v) is 7.92. The van der Waals surface area contributed by atoms with E-state index in [2.05, 4.69) is 68.5 Å². The van der Waals surface area contributed by atoms with Gasteiger partial charge >= 0.3 is 0 Å². The predicted octanol–water partition coefficient (Wildman–Crippen LogP) is 5.98. The predicted molar refractivity (Wildman–Crippen MR) is 96.0 cm³/mol. The van der Waals surface area contributed by atoms with E-state index >= 15 is 0 Å². The minimum Gasteiger partial charge on any atom is -0.494 e. The number of rotatable bonds is 7. The first kappa shape index (κ1) is 16.1. The SMILES string of the molecule is CCCCOc1ccc(/C=C/C(C)=C/c2ccccc2)cc1. The van der Waals surface area contributed by atoms with Crippen LogP contribution in [0, 0.1) is 0 Å². The number of ether oxygens (including phenoxy) is 1. The second kappa shape index (κ2) is 8.89. The van der Waals surface area contributed by atoms with Gasteiger partial charge in [0.2, 0.25) is 0 Å². The summed E-state index contributed by atoms with van der Waals surface area (Å²) in [6.45, 7) is 5.08. The highest BCUT2D eigenvalue weighted by Gasteiger charge is 1.93. The van der Waals surface area contributed by atoms with E-state index in [4.69, 9.17) is 4.74 Å². The summed E-state index contributed by atoms with van der Waals surface area (Å²) in [7, 11) is 0. The van der Waals surface area contributed by atoms with Gasteiger partial charge < -0.3 is 4.74 Å². The van der Waals surface area contributed by atoms with Crippen LogP contribution in [0.1, 0.15) is 37.8 Å². The standard InChI is InChI=1S/C21H24O/c1-3-4-16-22-21-14-12-19(13-15-21)11-10-18(2)17-20-8-6-5-7-9-20/h5-15,17H,3-4,16H2,1-2H3/b11-10+,18-17+. The second-order valence-electron chi connectivity index (χ2n) is 5.40. The number of unbranched alkanes of at least 4 members (excludes halogenated alkanes) is 1. The van der Waals surface area contributed by atoms with Crippen molar-refractivity contribution >= 4 is 12.2 Å². The fourth-order valence-electron chi connectivity index (χ4n) is 2.10. The highest BCUT2D eigenvalue weighted by Crippen LogP contribution is 2.15. The lowest BCUT2D eigenvalue weighted by atomic mass is 10.1. The lowest BCUT2D eigenvalue weighted by Gasteiger charge is -2.05. The maximum Gasteiger partial charge on any atom is 0.119 e. The summed E-state index contributed by atoms with van der Waals surface area (Å²) >= 11 is 0. The van der Waals surface area contributed by atoms with Crippen molar-refractivity contribution in [2.24, 2.45) is 0 Å². The third kappa shape index (κ3) is 5.61. The highest BCUT2D eigenvalue weighted by atomic mass is 16.5. The highest BCUT2D eigenvalue weighted by molar-refractivity contribution is 5.61. The van der Waals surface area contributed by atoms with Crippen LogP contribution in [0.25, 0.3) is 12.2 Å². The molecule has 22 heavy (non-hydrogen) atoms. The van der Waals surface area contributed by atoms with Crippen LogP contribution in [0.3, 0.4) is 0 Å². The van der Waals surface area contributed by atoms with Gasteiger partial charge in [-0.1, -0.05) is 79.6 Å². The average Bonchev–Trinajstić information content (AvgIpc) is 2.55. The molecule has 1 nitrogen and oxygen atoms in total. The Kier molecular flexibility index (Phi) is 6.50. The van der Waals surface area contributed by atoms with Gasteiger partial charge in [0, 0.05) is 0 Å². The largest absolute Gasteiger partial charge is 0.494 e. The molecule has 0 bridgehead atoms. The normalized spacial score (nSPS) is 11.8. The molecule has 0 radical (unpaired) electrons. The molecule has 0 atom stereocenters. The Labute approximate surface area is 134 Å². The molecule has 0 heterocycles. The van der Waals surface area contributed by atoms with Crippen molar-refractivity contribution < 1.29 is 4.74 Å². The molecule has 0 unspecified atom stereocenters. The summed E-state index contributed by atoms with van der Waals surface area (Å²) in [6.07, 6.45) is 8.71. The summed E-state index contributed by atoms with van der Waals surface area (Å²) in [5.74, 6) is 0.946. The van der Waals surface area contributed by atoms with E-state index < -0.39 is 0 Å². The van der Waals surface area contributed by atoms with Crippen LogP contribution in [-0.4, -0.2) is 6.61 Å². The van der Waals surface area contributed by atoms with E-state index in [0.717, 1.165) is 25.2 Å². The molecule has 0 aliphatic heterocycles. The van der Waals surface area contributed by atoms with E-state index in [1.54, 1.807) is 0 Å². The third-order valence-electron chi connectivity index (χ3n) is 3.38. The zero-order valence-corrected chi connectivity index (χ0v) is 13.5. The molecule has 0 amide bonds. The van der Waals surface area contributed by atoms with E-state index in [0.29, 0.717) is 0 Å². The molecule has 0 saturated carbocycles. The van der Waals surface area contributed by atoms with Gasteiger partial charge in [-0.3, -0.25) is 0 Å². The molecular weight excluding hydrogens is 268 g/mol. The van der Waals surface area contributed by atoms with Crippen molar-refractivity contribution in [3.63, 3.8) is 0 Å².